The number of alkyl halides is 2. The molecular formula is C11H21F2N. The maximum absolute atomic E-state index is 12.7. The van der Waals surface area contributed by atoms with E-state index in [9.17, 15) is 8.78 Å². The van der Waals surface area contributed by atoms with Gasteiger partial charge in [0, 0.05) is 18.9 Å². The fraction of sp³-hybridized carbons (Fsp3) is 1.00. The molecule has 0 aromatic carbocycles. The fourth-order valence-electron chi connectivity index (χ4n) is 2.77. The highest BCUT2D eigenvalue weighted by Gasteiger charge is 2.56. The van der Waals surface area contributed by atoms with Crippen LogP contribution in [0.3, 0.4) is 0 Å². The van der Waals surface area contributed by atoms with E-state index in [-0.39, 0.29) is 18.3 Å². The molecule has 84 valence electrons. The molecule has 14 heavy (non-hydrogen) atoms. The third-order valence-corrected chi connectivity index (χ3v) is 3.15. The van der Waals surface area contributed by atoms with Crippen molar-refractivity contribution < 1.29 is 8.78 Å². The molecule has 1 aliphatic heterocycles. The zero-order chi connectivity index (χ0) is 10.8. The van der Waals surface area contributed by atoms with Crippen LogP contribution >= 0.6 is 0 Å². The molecule has 0 aromatic heterocycles. The fourth-order valence-corrected chi connectivity index (χ4v) is 2.77. The van der Waals surface area contributed by atoms with Crippen molar-refractivity contribution in [1.82, 2.24) is 5.32 Å². The summed E-state index contributed by atoms with van der Waals surface area (Å²) in [6.07, 6.45) is 2.13. The Hall–Kier alpha value is -0.180. The van der Waals surface area contributed by atoms with Gasteiger partial charge in [-0.05, 0) is 31.7 Å². The van der Waals surface area contributed by atoms with Crippen LogP contribution in [0.1, 0.15) is 46.5 Å². The van der Waals surface area contributed by atoms with Crippen molar-refractivity contribution >= 4 is 0 Å². The first-order valence-corrected chi connectivity index (χ1v) is 5.63. The van der Waals surface area contributed by atoms with Crippen LogP contribution in [0.4, 0.5) is 8.78 Å². The van der Waals surface area contributed by atoms with E-state index >= 15 is 0 Å². The van der Waals surface area contributed by atoms with Crippen LogP contribution in [0.25, 0.3) is 0 Å². The van der Waals surface area contributed by atoms with E-state index in [4.69, 9.17) is 0 Å². The van der Waals surface area contributed by atoms with Gasteiger partial charge < -0.3 is 5.32 Å². The minimum absolute atomic E-state index is 0.00579. The molecule has 1 N–H and O–H groups in total. The van der Waals surface area contributed by atoms with Crippen molar-refractivity contribution in [3.8, 4) is 0 Å². The summed E-state index contributed by atoms with van der Waals surface area (Å²) in [4.78, 5) is 0. The van der Waals surface area contributed by atoms with Crippen molar-refractivity contribution in [2.45, 2.75) is 58.4 Å². The summed E-state index contributed by atoms with van der Waals surface area (Å²) in [6.45, 7) is 6.99. The van der Waals surface area contributed by atoms with Crippen LogP contribution in [-0.2, 0) is 0 Å². The Morgan fingerprint density at radius 1 is 1.21 bits per heavy atom. The lowest BCUT2D eigenvalue weighted by molar-refractivity contribution is -0.173. The molecule has 0 amide bonds. The highest BCUT2D eigenvalue weighted by Crippen LogP contribution is 2.57. The molecule has 2 aliphatic rings. The number of hydrogen-bond donors (Lipinski definition) is 1. The number of halogens is 2. The standard InChI is InChI=1S/C9H15F2N.C2H6/c1-7-4-8(2-3-12-7)5-9(10,11)6-8;1-2/h7,12H,2-6H2,1H3;1-2H3. The Morgan fingerprint density at radius 3 is 2.21 bits per heavy atom. The van der Waals surface area contributed by atoms with Gasteiger partial charge in [-0.3, -0.25) is 0 Å². The van der Waals surface area contributed by atoms with Gasteiger partial charge in [-0.1, -0.05) is 13.8 Å². The maximum Gasteiger partial charge on any atom is 0.249 e. The van der Waals surface area contributed by atoms with Gasteiger partial charge in [-0.2, -0.15) is 0 Å². The summed E-state index contributed by atoms with van der Waals surface area (Å²) in [7, 11) is 0. The number of nitrogens with one attached hydrogen (secondary N) is 1. The summed E-state index contributed by atoms with van der Waals surface area (Å²) in [5, 5.41) is 3.29. The van der Waals surface area contributed by atoms with Crippen molar-refractivity contribution in [2.24, 2.45) is 5.41 Å². The van der Waals surface area contributed by atoms with Gasteiger partial charge in [-0.15, -0.1) is 0 Å². The van der Waals surface area contributed by atoms with Gasteiger partial charge in [-0.25, -0.2) is 8.78 Å². The highest BCUT2D eigenvalue weighted by atomic mass is 19.3. The number of hydrogen-bond acceptors (Lipinski definition) is 1. The summed E-state index contributed by atoms with van der Waals surface area (Å²) in [5.41, 5.74) is -0.00579. The topological polar surface area (TPSA) is 12.0 Å². The second-order valence-electron chi connectivity index (χ2n) is 4.52. The largest absolute Gasteiger partial charge is 0.314 e. The van der Waals surface area contributed by atoms with Crippen LogP contribution in [0.15, 0.2) is 0 Å². The Kier molecular flexibility index (Phi) is 3.51. The second-order valence-corrected chi connectivity index (χ2v) is 4.52. The van der Waals surface area contributed by atoms with Gasteiger partial charge >= 0.3 is 0 Å². The molecule has 1 unspecified atom stereocenters. The average Bonchev–Trinajstić information content (AvgIpc) is 2.04. The smallest absolute Gasteiger partial charge is 0.249 e. The maximum atomic E-state index is 12.7. The number of piperidine rings is 1. The minimum atomic E-state index is -2.35. The quantitative estimate of drug-likeness (QED) is 0.640. The molecule has 0 radical (unpaired) electrons. The molecule has 1 saturated heterocycles. The van der Waals surface area contributed by atoms with Crippen molar-refractivity contribution in [3.63, 3.8) is 0 Å². The summed E-state index contributed by atoms with van der Waals surface area (Å²) in [5.74, 6) is -2.35. The van der Waals surface area contributed by atoms with Gasteiger partial charge in [0.15, 0.2) is 0 Å². The van der Waals surface area contributed by atoms with Gasteiger partial charge in [0.25, 0.3) is 0 Å². The van der Waals surface area contributed by atoms with Crippen molar-refractivity contribution in [2.75, 3.05) is 6.54 Å². The van der Waals surface area contributed by atoms with Gasteiger partial charge in [0.2, 0.25) is 5.92 Å². The lowest BCUT2D eigenvalue weighted by atomic mass is 9.60. The molecular weight excluding hydrogens is 184 g/mol. The predicted octanol–water partition coefficient (Wildman–Crippen LogP) is 3.20. The molecule has 2 rings (SSSR count). The normalized spacial score (nSPS) is 32.8. The molecule has 3 heteroatoms. The van der Waals surface area contributed by atoms with Crippen molar-refractivity contribution in [1.29, 1.82) is 0 Å². The van der Waals surface area contributed by atoms with E-state index in [1.54, 1.807) is 0 Å². The zero-order valence-electron chi connectivity index (χ0n) is 9.37. The Balaban J connectivity index is 0.000000461. The van der Waals surface area contributed by atoms with E-state index in [2.05, 4.69) is 12.2 Å². The third kappa shape index (κ3) is 2.44. The molecule has 2 fully saturated rings. The predicted molar refractivity (Wildman–Crippen MR) is 54.7 cm³/mol. The molecule has 0 aromatic rings. The van der Waals surface area contributed by atoms with E-state index in [1.165, 1.54) is 0 Å². The summed E-state index contributed by atoms with van der Waals surface area (Å²) < 4.78 is 25.3. The zero-order valence-corrected chi connectivity index (χ0v) is 9.37. The van der Waals surface area contributed by atoms with E-state index in [0.29, 0.717) is 6.04 Å². The van der Waals surface area contributed by atoms with Crippen LogP contribution < -0.4 is 5.32 Å². The summed E-state index contributed by atoms with van der Waals surface area (Å²) in [6, 6.07) is 0.426. The molecule has 1 saturated carbocycles. The highest BCUT2D eigenvalue weighted by molar-refractivity contribution is 5.02. The van der Waals surface area contributed by atoms with E-state index in [0.717, 1.165) is 19.4 Å². The Labute approximate surface area is 85.3 Å². The molecule has 1 nitrogen and oxygen atoms in total. The minimum Gasteiger partial charge on any atom is -0.314 e. The average molecular weight is 205 g/mol. The first kappa shape index (κ1) is 11.9. The van der Waals surface area contributed by atoms with Crippen LogP contribution in [0.5, 0.6) is 0 Å². The van der Waals surface area contributed by atoms with E-state index in [1.807, 2.05) is 13.8 Å². The lowest BCUT2D eigenvalue weighted by Gasteiger charge is -2.51. The molecule has 1 heterocycles. The first-order valence-electron chi connectivity index (χ1n) is 5.63. The van der Waals surface area contributed by atoms with Crippen LogP contribution in [0, 0.1) is 5.41 Å². The molecule has 0 bridgehead atoms. The van der Waals surface area contributed by atoms with Crippen LogP contribution in [-0.4, -0.2) is 18.5 Å². The second kappa shape index (κ2) is 4.13. The molecule has 1 aliphatic carbocycles. The lowest BCUT2D eigenvalue weighted by Crippen LogP contribution is -2.53. The molecule has 1 atom stereocenters. The Bertz CT molecular complexity index is 178. The molecule has 1 spiro atoms. The van der Waals surface area contributed by atoms with Crippen LogP contribution in [0.2, 0.25) is 0 Å². The first-order chi connectivity index (χ1) is 6.52. The van der Waals surface area contributed by atoms with E-state index < -0.39 is 5.92 Å². The van der Waals surface area contributed by atoms with Gasteiger partial charge in [0.05, 0.1) is 0 Å². The van der Waals surface area contributed by atoms with Gasteiger partial charge in [0.1, 0.15) is 0 Å². The third-order valence-electron chi connectivity index (χ3n) is 3.15. The van der Waals surface area contributed by atoms with Crippen molar-refractivity contribution in [3.05, 3.63) is 0 Å². The SMILES string of the molecule is CC.CC1CC2(CCN1)CC(F)(F)C2. The Morgan fingerprint density at radius 2 is 1.79 bits per heavy atom. The monoisotopic (exact) mass is 205 g/mol. The number of rotatable bonds is 0. The summed E-state index contributed by atoms with van der Waals surface area (Å²) >= 11 is 0.